The number of anilines is 2. The van der Waals surface area contributed by atoms with Gasteiger partial charge in [-0.25, -0.2) is 0 Å². The second kappa shape index (κ2) is 8.82. The molecule has 1 saturated heterocycles. The van der Waals surface area contributed by atoms with Gasteiger partial charge in [0, 0.05) is 81.3 Å². The molecule has 3 aliphatic rings. The summed E-state index contributed by atoms with van der Waals surface area (Å²) in [4.78, 5) is 16.6. The summed E-state index contributed by atoms with van der Waals surface area (Å²) < 4.78 is 9.71. The lowest BCUT2D eigenvalue weighted by Gasteiger charge is -2.35. The highest BCUT2D eigenvalue weighted by molar-refractivity contribution is 5.76. The predicted molar refractivity (Wildman–Crippen MR) is 135 cm³/mol. The summed E-state index contributed by atoms with van der Waals surface area (Å²) in [6, 6.07) is 6.77. The third kappa shape index (κ3) is 4.03. The number of carbonyl (C=O) groups is 1. The molecule has 184 valence electrons. The van der Waals surface area contributed by atoms with Crippen molar-refractivity contribution in [2.75, 3.05) is 31.2 Å². The summed E-state index contributed by atoms with van der Waals surface area (Å²) in [5.41, 5.74) is 7.41. The Kier molecular flexibility index (Phi) is 5.63. The summed E-state index contributed by atoms with van der Waals surface area (Å²) in [5.74, 6) is 2.13. The summed E-state index contributed by atoms with van der Waals surface area (Å²) in [5, 5.41) is 9.57. The van der Waals surface area contributed by atoms with E-state index in [9.17, 15) is 4.79 Å². The third-order valence-electron chi connectivity index (χ3n) is 7.94. The first kappa shape index (κ1) is 22.3. The Labute approximate surface area is 206 Å². The number of hydrogen-bond donors (Lipinski definition) is 0. The van der Waals surface area contributed by atoms with Crippen LogP contribution in [0.3, 0.4) is 0 Å². The van der Waals surface area contributed by atoms with Crippen LogP contribution in [0.4, 0.5) is 11.5 Å². The van der Waals surface area contributed by atoms with Crippen LogP contribution >= 0.6 is 0 Å². The molecule has 5 heterocycles. The lowest BCUT2D eigenvalue weighted by atomic mass is 9.89. The first-order valence-corrected chi connectivity index (χ1v) is 12.8. The second-order valence-corrected chi connectivity index (χ2v) is 10.4. The normalized spacial score (nSPS) is 21.8. The van der Waals surface area contributed by atoms with Crippen LogP contribution in [0.5, 0.6) is 0 Å². The molecule has 2 aromatic heterocycles. The molecule has 8 heteroatoms. The van der Waals surface area contributed by atoms with Gasteiger partial charge in [-0.05, 0) is 42.0 Å². The highest BCUT2D eigenvalue weighted by atomic mass is 16.5. The van der Waals surface area contributed by atoms with E-state index >= 15 is 0 Å². The van der Waals surface area contributed by atoms with Gasteiger partial charge < -0.3 is 14.5 Å². The number of hydrogen-bond acceptors (Lipinski definition) is 5. The Morgan fingerprint density at radius 3 is 2.83 bits per heavy atom. The van der Waals surface area contributed by atoms with E-state index in [0.29, 0.717) is 18.4 Å². The maximum Gasteiger partial charge on any atom is 0.219 e. The molecule has 6 rings (SSSR count). The van der Waals surface area contributed by atoms with Crippen LogP contribution in [0.15, 0.2) is 30.6 Å². The van der Waals surface area contributed by atoms with Gasteiger partial charge in [0.2, 0.25) is 5.91 Å². The molecule has 0 spiro atoms. The smallest absolute Gasteiger partial charge is 0.219 e. The van der Waals surface area contributed by atoms with Gasteiger partial charge in [-0.3, -0.25) is 14.2 Å². The van der Waals surface area contributed by atoms with E-state index in [1.807, 2.05) is 22.8 Å². The van der Waals surface area contributed by atoms with Gasteiger partial charge in [0.15, 0.2) is 5.82 Å². The number of rotatable bonds is 4. The number of amides is 1. The fourth-order valence-corrected chi connectivity index (χ4v) is 5.84. The minimum atomic E-state index is 0.132. The van der Waals surface area contributed by atoms with Crippen molar-refractivity contribution >= 4 is 17.4 Å². The molecular weight excluding hydrogens is 440 g/mol. The number of aromatic nitrogens is 4. The molecule has 3 aromatic rings. The second-order valence-electron chi connectivity index (χ2n) is 10.4. The molecule has 0 aliphatic carbocycles. The van der Waals surface area contributed by atoms with E-state index < -0.39 is 0 Å². The lowest BCUT2D eigenvalue weighted by molar-refractivity contribution is -0.129. The molecule has 0 saturated carbocycles. The van der Waals surface area contributed by atoms with Crippen LogP contribution < -0.4 is 4.90 Å². The third-order valence-corrected chi connectivity index (χ3v) is 7.94. The maximum absolute atomic E-state index is 12.3. The highest BCUT2D eigenvalue weighted by Crippen LogP contribution is 2.43. The number of benzene rings is 1. The average Bonchev–Trinajstić information content (AvgIpc) is 3.60. The fourth-order valence-electron chi connectivity index (χ4n) is 5.84. The van der Waals surface area contributed by atoms with Crippen molar-refractivity contribution in [3.05, 3.63) is 47.4 Å². The van der Waals surface area contributed by atoms with Crippen molar-refractivity contribution in [2.24, 2.45) is 13.0 Å². The summed E-state index contributed by atoms with van der Waals surface area (Å²) in [6.07, 6.45) is 7.00. The fraction of sp³-hybridized carbons (Fsp3) is 0.519. The number of carbonyl (C=O) groups excluding carboxylic acids is 1. The molecule has 2 atom stereocenters. The first-order chi connectivity index (χ1) is 17.0. The van der Waals surface area contributed by atoms with Gasteiger partial charge in [-0.1, -0.05) is 13.0 Å². The van der Waals surface area contributed by atoms with Crippen LogP contribution in [0.2, 0.25) is 0 Å². The lowest BCUT2D eigenvalue weighted by Crippen LogP contribution is -2.35. The van der Waals surface area contributed by atoms with Crippen molar-refractivity contribution in [1.82, 2.24) is 24.5 Å². The average molecular weight is 475 g/mol. The molecule has 0 N–H and O–H groups in total. The van der Waals surface area contributed by atoms with Crippen LogP contribution in [0, 0.1) is 5.92 Å². The molecule has 0 radical (unpaired) electrons. The summed E-state index contributed by atoms with van der Waals surface area (Å²) in [6.45, 7) is 8.85. The molecule has 35 heavy (non-hydrogen) atoms. The number of aryl methyl sites for hydroxylation is 1. The molecule has 1 aromatic carbocycles. The van der Waals surface area contributed by atoms with Gasteiger partial charge in [0.1, 0.15) is 0 Å². The molecule has 1 fully saturated rings. The van der Waals surface area contributed by atoms with E-state index in [0.717, 1.165) is 63.5 Å². The van der Waals surface area contributed by atoms with Crippen molar-refractivity contribution < 1.29 is 9.53 Å². The Morgan fingerprint density at radius 2 is 2.09 bits per heavy atom. The molecule has 3 aliphatic heterocycles. The SMILES string of the molecule is CC(=O)N1CCc2c(c(N3CC[C@@H](C)c4cc(-c5cnn(C)c5)ccc43)nn2C[C@H]2CCOC2)C1. The van der Waals surface area contributed by atoms with E-state index in [1.54, 1.807) is 6.92 Å². The quantitative estimate of drug-likeness (QED) is 0.574. The van der Waals surface area contributed by atoms with Gasteiger partial charge in [-0.2, -0.15) is 10.2 Å². The molecular formula is C27H34N6O2. The van der Waals surface area contributed by atoms with Gasteiger partial charge >= 0.3 is 0 Å². The van der Waals surface area contributed by atoms with Gasteiger partial charge in [0.05, 0.1) is 19.3 Å². The van der Waals surface area contributed by atoms with Crippen LogP contribution in [0.1, 0.15) is 49.4 Å². The topological polar surface area (TPSA) is 68.4 Å². The van der Waals surface area contributed by atoms with Gasteiger partial charge in [0.25, 0.3) is 0 Å². The van der Waals surface area contributed by atoms with E-state index in [2.05, 4.69) is 46.0 Å². The zero-order valence-corrected chi connectivity index (χ0v) is 20.9. The van der Waals surface area contributed by atoms with Crippen LogP contribution in [0.25, 0.3) is 11.1 Å². The molecule has 8 nitrogen and oxygen atoms in total. The Hall–Kier alpha value is -3.13. The van der Waals surface area contributed by atoms with Crippen molar-refractivity contribution in [2.45, 2.75) is 52.1 Å². The predicted octanol–water partition coefficient (Wildman–Crippen LogP) is 3.87. The largest absolute Gasteiger partial charge is 0.381 e. The van der Waals surface area contributed by atoms with E-state index in [4.69, 9.17) is 9.84 Å². The minimum Gasteiger partial charge on any atom is -0.381 e. The number of nitrogens with zero attached hydrogens (tertiary/aromatic N) is 6. The monoisotopic (exact) mass is 474 g/mol. The Morgan fingerprint density at radius 1 is 1.20 bits per heavy atom. The standard InChI is InChI=1S/C27H34N6O2/c1-18-6-10-32(25-5-4-21(12-23(18)25)22-13-28-30(3)15-22)27-24-16-31(19(2)34)9-7-26(24)33(29-27)14-20-8-11-35-17-20/h4-5,12-13,15,18,20H,6-11,14,16-17H2,1-3H3/t18-,20-/m1/s1. The Balaban J connectivity index is 1.41. The summed E-state index contributed by atoms with van der Waals surface area (Å²) >= 11 is 0. The van der Waals surface area contributed by atoms with E-state index in [1.165, 1.54) is 28.1 Å². The molecule has 1 amide bonds. The molecule has 0 unspecified atom stereocenters. The van der Waals surface area contributed by atoms with Crippen LogP contribution in [-0.2, 0) is 36.1 Å². The van der Waals surface area contributed by atoms with E-state index in [-0.39, 0.29) is 5.91 Å². The number of ether oxygens (including phenoxy) is 1. The first-order valence-electron chi connectivity index (χ1n) is 12.8. The van der Waals surface area contributed by atoms with Crippen LogP contribution in [-0.4, -0.2) is 56.7 Å². The highest BCUT2D eigenvalue weighted by Gasteiger charge is 2.33. The minimum absolute atomic E-state index is 0.132. The van der Waals surface area contributed by atoms with Crippen molar-refractivity contribution in [1.29, 1.82) is 0 Å². The Bertz CT molecular complexity index is 1250. The zero-order valence-electron chi connectivity index (χ0n) is 20.9. The zero-order chi connectivity index (χ0) is 24.1. The molecule has 0 bridgehead atoms. The summed E-state index contributed by atoms with van der Waals surface area (Å²) in [7, 11) is 1.95. The maximum atomic E-state index is 12.3. The number of fused-ring (bicyclic) bond motifs is 2. The van der Waals surface area contributed by atoms with Crippen molar-refractivity contribution in [3.8, 4) is 11.1 Å². The van der Waals surface area contributed by atoms with Gasteiger partial charge in [-0.15, -0.1) is 0 Å². The van der Waals surface area contributed by atoms with Crippen molar-refractivity contribution in [3.63, 3.8) is 0 Å².